The Balaban J connectivity index is 1.50. The van der Waals surface area contributed by atoms with E-state index in [-0.39, 0.29) is 5.91 Å². The lowest BCUT2D eigenvalue weighted by atomic mass is 10.0. The molecule has 0 radical (unpaired) electrons. The third-order valence-electron chi connectivity index (χ3n) is 3.90. The van der Waals surface area contributed by atoms with Crippen molar-refractivity contribution >= 4 is 22.9 Å². The molecule has 3 rings (SSSR count). The Bertz CT molecular complexity index is 641. The summed E-state index contributed by atoms with van der Waals surface area (Å²) in [5, 5.41) is 4.02. The Hall–Kier alpha value is -1.88. The molecule has 0 spiro atoms. The van der Waals surface area contributed by atoms with Gasteiger partial charge in [0.2, 0.25) is 5.91 Å². The van der Waals surface area contributed by atoms with Gasteiger partial charge in [0.1, 0.15) is 5.75 Å². The van der Waals surface area contributed by atoms with Gasteiger partial charge in [-0.25, -0.2) is 4.98 Å². The smallest absolute Gasteiger partial charge is 0.224 e. The number of amides is 1. The van der Waals surface area contributed by atoms with Crippen LogP contribution >= 0.6 is 11.3 Å². The van der Waals surface area contributed by atoms with Crippen LogP contribution in [0.4, 0.5) is 5.69 Å². The number of benzene rings is 1. The van der Waals surface area contributed by atoms with E-state index in [2.05, 4.69) is 10.3 Å². The number of aromatic nitrogens is 1. The zero-order chi connectivity index (χ0) is 16.1. The first-order chi connectivity index (χ1) is 11.2. The van der Waals surface area contributed by atoms with E-state index in [1.807, 2.05) is 31.2 Å². The highest BCUT2D eigenvalue weighted by Crippen LogP contribution is 2.27. The summed E-state index contributed by atoms with van der Waals surface area (Å²) in [5.41, 5.74) is 2.07. The lowest BCUT2D eigenvalue weighted by Gasteiger charge is -2.06. The van der Waals surface area contributed by atoms with Gasteiger partial charge in [0.25, 0.3) is 0 Å². The Morgan fingerprint density at radius 2 is 2.04 bits per heavy atom. The highest BCUT2D eigenvalue weighted by atomic mass is 32.1. The van der Waals surface area contributed by atoms with Crippen LogP contribution in [0.1, 0.15) is 41.8 Å². The van der Waals surface area contributed by atoms with Crippen molar-refractivity contribution in [3.05, 3.63) is 39.8 Å². The van der Waals surface area contributed by atoms with Crippen molar-refractivity contribution in [1.82, 2.24) is 4.98 Å². The highest BCUT2D eigenvalue weighted by Gasteiger charge is 2.15. The number of hydrogen-bond donors (Lipinski definition) is 1. The maximum Gasteiger partial charge on any atom is 0.224 e. The van der Waals surface area contributed by atoms with E-state index in [9.17, 15) is 4.79 Å². The number of aryl methyl sites for hydroxylation is 3. The number of thiazole rings is 1. The van der Waals surface area contributed by atoms with Gasteiger partial charge in [-0.2, -0.15) is 0 Å². The molecule has 1 heterocycles. The lowest BCUT2D eigenvalue weighted by molar-refractivity contribution is -0.116. The Kier molecular flexibility index (Phi) is 5.28. The normalized spacial score (nSPS) is 13.4. The standard InChI is InChI=1S/C18H22N2O2S/c1-2-22-14-9-7-13(8-10-14)19-17(21)11-12-18-20-15-5-3-4-6-16(15)23-18/h7-10H,2-6,11-12H2,1H3,(H,19,21). The molecule has 122 valence electrons. The number of carbonyl (C=O) groups excluding carboxylic acids is 1. The van der Waals surface area contributed by atoms with Crippen LogP contribution in [0.25, 0.3) is 0 Å². The minimum Gasteiger partial charge on any atom is -0.494 e. The molecule has 0 atom stereocenters. The maximum atomic E-state index is 12.1. The minimum atomic E-state index is 0.0299. The number of hydrogen-bond acceptors (Lipinski definition) is 4. The van der Waals surface area contributed by atoms with Crippen LogP contribution in [0, 0.1) is 0 Å². The third kappa shape index (κ3) is 4.32. The second-order valence-electron chi connectivity index (χ2n) is 5.69. The Morgan fingerprint density at radius 1 is 1.26 bits per heavy atom. The largest absolute Gasteiger partial charge is 0.494 e. The van der Waals surface area contributed by atoms with E-state index in [4.69, 9.17) is 4.74 Å². The minimum absolute atomic E-state index is 0.0299. The van der Waals surface area contributed by atoms with E-state index in [0.29, 0.717) is 13.0 Å². The topological polar surface area (TPSA) is 51.2 Å². The van der Waals surface area contributed by atoms with Crippen molar-refractivity contribution in [2.45, 2.75) is 45.4 Å². The predicted octanol–water partition coefficient (Wildman–Crippen LogP) is 3.99. The summed E-state index contributed by atoms with van der Waals surface area (Å²) in [4.78, 5) is 18.2. The fraction of sp³-hybridized carbons (Fsp3) is 0.444. The molecule has 5 heteroatoms. The molecule has 0 aliphatic heterocycles. The fourth-order valence-electron chi connectivity index (χ4n) is 2.76. The summed E-state index contributed by atoms with van der Waals surface area (Å²) in [5.74, 6) is 0.848. The van der Waals surface area contributed by atoms with Crippen LogP contribution in [0.15, 0.2) is 24.3 Å². The molecule has 1 aromatic heterocycles. The van der Waals surface area contributed by atoms with Crippen molar-refractivity contribution < 1.29 is 9.53 Å². The Labute approximate surface area is 140 Å². The molecule has 1 aromatic carbocycles. The number of anilines is 1. The van der Waals surface area contributed by atoms with Crippen LogP contribution in [0.2, 0.25) is 0 Å². The van der Waals surface area contributed by atoms with E-state index < -0.39 is 0 Å². The first-order valence-corrected chi connectivity index (χ1v) is 9.06. The molecule has 0 unspecified atom stereocenters. The highest BCUT2D eigenvalue weighted by molar-refractivity contribution is 7.11. The van der Waals surface area contributed by atoms with E-state index in [1.54, 1.807) is 11.3 Å². The summed E-state index contributed by atoms with van der Waals surface area (Å²) >= 11 is 1.78. The van der Waals surface area contributed by atoms with Crippen LogP contribution in [0.5, 0.6) is 5.75 Å². The second-order valence-corrected chi connectivity index (χ2v) is 6.86. The molecule has 1 aliphatic carbocycles. The summed E-state index contributed by atoms with van der Waals surface area (Å²) in [6, 6.07) is 7.47. The average Bonchev–Trinajstić information content (AvgIpc) is 2.98. The summed E-state index contributed by atoms with van der Waals surface area (Å²) in [6.07, 6.45) is 5.97. The van der Waals surface area contributed by atoms with E-state index >= 15 is 0 Å². The maximum absolute atomic E-state index is 12.1. The monoisotopic (exact) mass is 330 g/mol. The number of carbonyl (C=O) groups is 1. The van der Waals surface area contributed by atoms with Crippen LogP contribution < -0.4 is 10.1 Å². The van der Waals surface area contributed by atoms with Crippen molar-refractivity contribution in [1.29, 1.82) is 0 Å². The molecule has 0 bridgehead atoms. The first kappa shape index (κ1) is 16.0. The lowest BCUT2D eigenvalue weighted by Crippen LogP contribution is -2.12. The predicted molar refractivity (Wildman–Crippen MR) is 93.3 cm³/mol. The molecule has 4 nitrogen and oxygen atoms in total. The average molecular weight is 330 g/mol. The molecule has 0 saturated heterocycles. The number of ether oxygens (including phenoxy) is 1. The third-order valence-corrected chi connectivity index (χ3v) is 5.12. The molecule has 23 heavy (non-hydrogen) atoms. The van der Waals surface area contributed by atoms with Gasteiger partial charge in [0, 0.05) is 23.4 Å². The van der Waals surface area contributed by atoms with Gasteiger partial charge in [-0.1, -0.05) is 0 Å². The van der Waals surface area contributed by atoms with Gasteiger partial charge in [-0.15, -0.1) is 11.3 Å². The van der Waals surface area contributed by atoms with Gasteiger partial charge in [0.05, 0.1) is 17.3 Å². The van der Waals surface area contributed by atoms with Gasteiger partial charge in [-0.3, -0.25) is 4.79 Å². The van der Waals surface area contributed by atoms with Crippen molar-refractivity contribution in [2.75, 3.05) is 11.9 Å². The van der Waals surface area contributed by atoms with Crippen molar-refractivity contribution in [3.63, 3.8) is 0 Å². The molecule has 1 amide bonds. The molecule has 2 aromatic rings. The zero-order valence-electron chi connectivity index (χ0n) is 13.4. The number of rotatable bonds is 6. The van der Waals surface area contributed by atoms with Gasteiger partial charge < -0.3 is 10.1 Å². The SMILES string of the molecule is CCOc1ccc(NC(=O)CCc2nc3c(s2)CCCC3)cc1. The van der Waals surface area contributed by atoms with Crippen molar-refractivity contribution in [3.8, 4) is 5.75 Å². The van der Waals surface area contributed by atoms with Gasteiger partial charge in [-0.05, 0) is 56.9 Å². The van der Waals surface area contributed by atoms with E-state index in [0.717, 1.165) is 35.7 Å². The molecule has 0 saturated carbocycles. The quantitative estimate of drug-likeness (QED) is 0.871. The molecular formula is C18H22N2O2S. The number of nitrogens with one attached hydrogen (secondary N) is 1. The van der Waals surface area contributed by atoms with Crippen LogP contribution in [-0.4, -0.2) is 17.5 Å². The van der Waals surface area contributed by atoms with E-state index in [1.165, 1.54) is 23.4 Å². The second kappa shape index (κ2) is 7.59. The molecule has 1 N–H and O–H groups in total. The zero-order valence-corrected chi connectivity index (χ0v) is 14.2. The summed E-state index contributed by atoms with van der Waals surface area (Å²) < 4.78 is 5.39. The van der Waals surface area contributed by atoms with Gasteiger partial charge in [0.15, 0.2) is 0 Å². The summed E-state index contributed by atoms with van der Waals surface area (Å²) in [6.45, 7) is 2.59. The van der Waals surface area contributed by atoms with Gasteiger partial charge >= 0.3 is 0 Å². The molecule has 0 fully saturated rings. The van der Waals surface area contributed by atoms with Crippen LogP contribution in [-0.2, 0) is 24.1 Å². The Morgan fingerprint density at radius 3 is 2.78 bits per heavy atom. The number of nitrogens with zero attached hydrogens (tertiary/aromatic N) is 1. The fourth-order valence-corrected chi connectivity index (χ4v) is 3.91. The first-order valence-electron chi connectivity index (χ1n) is 8.25. The van der Waals surface area contributed by atoms with Crippen LogP contribution in [0.3, 0.4) is 0 Å². The van der Waals surface area contributed by atoms with Crippen molar-refractivity contribution in [2.24, 2.45) is 0 Å². The summed E-state index contributed by atoms with van der Waals surface area (Å²) in [7, 11) is 0. The molecule has 1 aliphatic rings. The number of fused-ring (bicyclic) bond motifs is 1. The molecular weight excluding hydrogens is 308 g/mol.